The number of aryl methyl sites for hydroxylation is 1. The topological polar surface area (TPSA) is 0 Å². The molecule has 1 aromatic carbocycles. The molecule has 0 aromatic heterocycles. The number of benzene rings is 1. The molecular weight excluding hydrogens is 276 g/mol. The predicted octanol–water partition coefficient (Wildman–Crippen LogP) is 8.43. The molecule has 0 N–H and O–H groups in total. The molecule has 0 saturated carbocycles. The molecule has 0 atom stereocenters. The Bertz CT molecular complexity index is 473. The van der Waals surface area contributed by atoms with E-state index in [9.17, 15) is 0 Å². The molecule has 23 heavy (non-hydrogen) atoms. The Morgan fingerprint density at radius 3 is 1.74 bits per heavy atom. The lowest BCUT2D eigenvalue weighted by molar-refractivity contribution is 1.12. The van der Waals surface area contributed by atoms with E-state index in [0.29, 0.717) is 0 Å². The van der Waals surface area contributed by atoms with Crippen LogP contribution < -0.4 is 0 Å². The van der Waals surface area contributed by atoms with Crippen LogP contribution in [0.3, 0.4) is 0 Å². The van der Waals surface area contributed by atoms with E-state index in [4.69, 9.17) is 0 Å². The Balaban J connectivity index is -0.000000595. The first kappa shape index (κ1) is 26.3. The minimum atomic E-state index is 1.04. The molecule has 0 heteroatoms. The number of hydrogen-bond donors (Lipinski definition) is 0. The van der Waals surface area contributed by atoms with Crippen LogP contribution in [0.4, 0.5) is 0 Å². The molecule has 0 unspecified atom stereocenters. The van der Waals surface area contributed by atoms with Crippen molar-refractivity contribution in [1.82, 2.24) is 0 Å². The third kappa shape index (κ3) is 8.02. The van der Waals surface area contributed by atoms with Crippen molar-refractivity contribution in [3.63, 3.8) is 0 Å². The van der Waals surface area contributed by atoms with E-state index >= 15 is 0 Å². The Kier molecular flexibility index (Phi) is 19.2. The fourth-order valence-electron chi connectivity index (χ4n) is 2.18. The van der Waals surface area contributed by atoms with Crippen LogP contribution in [0.5, 0.6) is 0 Å². The number of hydrogen-bond acceptors (Lipinski definition) is 0. The zero-order valence-corrected chi connectivity index (χ0v) is 17.4. The molecule has 0 aliphatic rings. The van der Waals surface area contributed by atoms with Crippen molar-refractivity contribution < 1.29 is 0 Å². The first-order valence-electron chi connectivity index (χ1n) is 9.14. The molecule has 0 aliphatic carbocycles. The van der Waals surface area contributed by atoms with Crippen LogP contribution in [0, 0.1) is 0 Å². The maximum Gasteiger partial charge on any atom is -0.00829 e. The Hall–Kier alpha value is -1.56. The lowest BCUT2D eigenvalue weighted by Gasteiger charge is -2.17. The van der Waals surface area contributed by atoms with Gasteiger partial charge < -0.3 is 0 Å². The summed E-state index contributed by atoms with van der Waals surface area (Å²) < 4.78 is 0. The summed E-state index contributed by atoms with van der Waals surface area (Å²) in [5.41, 5.74) is 7.54. The lowest BCUT2D eigenvalue weighted by Crippen LogP contribution is -1.99. The van der Waals surface area contributed by atoms with Crippen LogP contribution in [0.15, 0.2) is 31.4 Å². The molecule has 0 bridgehead atoms. The molecule has 0 radical (unpaired) electrons. The highest BCUT2D eigenvalue weighted by molar-refractivity contribution is 5.84. The second-order valence-electron chi connectivity index (χ2n) is 4.37. The van der Waals surface area contributed by atoms with Gasteiger partial charge in [-0.15, -0.1) is 0 Å². The van der Waals surface area contributed by atoms with Gasteiger partial charge >= 0.3 is 0 Å². The monoisotopic (exact) mass is 316 g/mol. The summed E-state index contributed by atoms with van der Waals surface area (Å²) in [6.45, 7) is 28.5. The Morgan fingerprint density at radius 2 is 1.43 bits per heavy atom. The van der Waals surface area contributed by atoms with E-state index in [1.807, 2.05) is 47.6 Å². The van der Waals surface area contributed by atoms with Crippen molar-refractivity contribution in [2.45, 2.75) is 75.7 Å². The molecule has 0 fully saturated rings. The minimum Gasteiger partial charge on any atom is -0.0984 e. The molecule has 0 aliphatic heterocycles. The average Bonchev–Trinajstić information content (AvgIpc) is 2.64. The largest absolute Gasteiger partial charge is 0.0984 e. The van der Waals surface area contributed by atoms with Gasteiger partial charge in [0.1, 0.15) is 0 Å². The average molecular weight is 317 g/mol. The minimum absolute atomic E-state index is 1.04. The van der Waals surface area contributed by atoms with Gasteiger partial charge in [0, 0.05) is 0 Å². The van der Waals surface area contributed by atoms with Crippen LogP contribution in [0.2, 0.25) is 0 Å². The Labute approximate surface area is 147 Å². The summed E-state index contributed by atoms with van der Waals surface area (Å²) in [6, 6.07) is 4.34. The van der Waals surface area contributed by atoms with Gasteiger partial charge in [-0.2, -0.15) is 0 Å². The summed E-state index contributed by atoms with van der Waals surface area (Å²) >= 11 is 0. The third-order valence-electron chi connectivity index (χ3n) is 3.18. The zero-order chi connectivity index (χ0) is 19.0. The second-order valence-corrected chi connectivity index (χ2v) is 4.37. The van der Waals surface area contributed by atoms with Gasteiger partial charge in [-0.1, -0.05) is 85.9 Å². The van der Waals surface area contributed by atoms with E-state index in [0.717, 1.165) is 12.0 Å². The molecule has 1 rings (SSSR count). The highest BCUT2D eigenvalue weighted by atomic mass is 14.2. The molecule has 0 amide bonds. The summed E-state index contributed by atoms with van der Waals surface area (Å²) in [5, 5.41) is 0. The molecule has 0 saturated heterocycles. The first-order valence-corrected chi connectivity index (χ1v) is 9.14. The van der Waals surface area contributed by atoms with Crippen LogP contribution in [-0.2, 0) is 6.42 Å². The van der Waals surface area contributed by atoms with E-state index in [-0.39, 0.29) is 0 Å². The molecule has 0 nitrogen and oxygen atoms in total. The van der Waals surface area contributed by atoms with Gasteiger partial charge in [0.15, 0.2) is 0 Å². The fraction of sp³-hybridized carbons (Fsp3) is 0.478. The molecule has 0 heterocycles. The summed E-state index contributed by atoms with van der Waals surface area (Å²) in [4.78, 5) is 0. The van der Waals surface area contributed by atoms with Crippen molar-refractivity contribution in [2.75, 3.05) is 0 Å². The highest BCUT2D eigenvalue weighted by Crippen LogP contribution is 2.31. The van der Waals surface area contributed by atoms with Crippen molar-refractivity contribution in [2.24, 2.45) is 0 Å². The van der Waals surface area contributed by atoms with E-state index in [1.165, 1.54) is 27.8 Å². The van der Waals surface area contributed by atoms with Gasteiger partial charge in [-0.3, -0.25) is 0 Å². The number of allylic oxidation sites excluding steroid dienone is 3. The maximum atomic E-state index is 4.11. The van der Waals surface area contributed by atoms with Crippen molar-refractivity contribution >= 4 is 17.2 Å². The van der Waals surface area contributed by atoms with Gasteiger partial charge in [-0.05, 0) is 60.6 Å². The van der Waals surface area contributed by atoms with E-state index in [1.54, 1.807) is 0 Å². The second kappa shape index (κ2) is 16.8. The van der Waals surface area contributed by atoms with Gasteiger partial charge in [-0.25, -0.2) is 0 Å². The fourth-order valence-corrected chi connectivity index (χ4v) is 2.18. The summed E-state index contributed by atoms with van der Waals surface area (Å²) in [5.74, 6) is 0. The third-order valence-corrected chi connectivity index (χ3v) is 3.18. The predicted molar refractivity (Wildman–Crippen MR) is 114 cm³/mol. The van der Waals surface area contributed by atoms with Crippen LogP contribution >= 0.6 is 0 Å². The SMILES string of the molecule is C=Cc1ccc(CC)c(/C(C)=C\C)c1C(=C)C.CC.CC.CC. The smallest absolute Gasteiger partial charge is 0.00829 e. The van der Waals surface area contributed by atoms with Crippen LogP contribution in [-0.4, -0.2) is 0 Å². The maximum absolute atomic E-state index is 4.11. The van der Waals surface area contributed by atoms with Crippen molar-refractivity contribution in [3.8, 4) is 0 Å². The lowest BCUT2D eigenvalue weighted by atomic mass is 9.87. The van der Waals surface area contributed by atoms with E-state index in [2.05, 4.69) is 59.1 Å². The zero-order valence-electron chi connectivity index (χ0n) is 17.4. The molecule has 1 aromatic rings. The first-order chi connectivity index (χ1) is 11.1. The van der Waals surface area contributed by atoms with Crippen LogP contribution in [0.25, 0.3) is 17.2 Å². The van der Waals surface area contributed by atoms with Crippen molar-refractivity contribution in [3.05, 3.63) is 53.6 Å². The van der Waals surface area contributed by atoms with Gasteiger partial charge in [0.25, 0.3) is 0 Å². The van der Waals surface area contributed by atoms with Crippen LogP contribution in [0.1, 0.15) is 91.5 Å². The molecule has 132 valence electrons. The Morgan fingerprint density at radius 1 is 0.957 bits per heavy atom. The van der Waals surface area contributed by atoms with Gasteiger partial charge in [0.05, 0.1) is 0 Å². The number of rotatable bonds is 4. The van der Waals surface area contributed by atoms with Crippen molar-refractivity contribution in [1.29, 1.82) is 0 Å². The highest BCUT2D eigenvalue weighted by Gasteiger charge is 2.12. The summed E-state index contributed by atoms with van der Waals surface area (Å²) in [6.07, 6.45) is 5.11. The quantitative estimate of drug-likeness (QED) is 0.523. The molecule has 0 spiro atoms. The summed E-state index contributed by atoms with van der Waals surface area (Å²) in [7, 11) is 0. The molecular formula is C23H40. The van der Waals surface area contributed by atoms with Gasteiger partial charge in [0.2, 0.25) is 0 Å². The standard InChI is InChI=1S/C17H22.3C2H6/c1-7-13(6)17-15(9-3)11-10-14(8-2)16(17)12(4)5;3*1-2/h7-8,10-11H,2,4,9H2,1,3,5-6H3;3*1-2H3/b13-7-;;;. The van der Waals surface area contributed by atoms with E-state index < -0.39 is 0 Å². The normalized spacial score (nSPS) is 9.22.